The molecule has 8 nitrogen and oxygen atoms in total. The van der Waals surface area contributed by atoms with Gasteiger partial charge in [0.15, 0.2) is 9.84 Å². The Morgan fingerprint density at radius 1 is 1.41 bits per heavy atom. The standard InChI is InChI=1S/C17H22ClN5O3S/c1-12(2)9-22(15-6-7-27(25,26)11-15)16(24)10-23-20-17(19-21-23)13-4-3-5-14(18)8-13/h3-5,8,12,15H,6-7,9-11H2,1-2H3/t15-/m0/s1. The average Bonchev–Trinajstić information content (AvgIpc) is 3.18. The zero-order valence-electron chi connectivity index (χ0n) is 15.2. The van der Waals surface area contributed by atoms with Crippen molar-refractivity contribution in [2.45, 2.75) is 32.9 Å². The number of aromatic nitrogens is 4. The van der Waals surface area contributed by atoms with Gasteiger partial charge >= 0.3 is 0 Å². The summed E-state index contributed by atoms with van der Waals surface area (Å²) in [6, 6.07) is 6.77. The summed E-state index contributed by atoms with van der Waals surface area (Å²) in [4.78, 5) is 15.7. The quantitative estimate of drug-likeness (QED) is 0.717. The minimum absolute atomic E-state index is 0.0179. The average molecular weight is 412 g/mol. The zero-order valence-corrected chi connectivity index (χ0v) is 16.8. The van der Waals surface area contributed by atoms with Crippen LogP contribution in [0.5, 0.6) is 0 Å². The van der Waals surface area contributed by atoms with Crippen LogP contribution in [0.15, 0.2) is 24.3 Å². The fourth-order valence-corrected chi connectivity index (χ4v) is 5.06. The number of nitrogens with zero attached hydrogens (tertiary/aromatic N) is 5. The summed E-state index contributed by atoms with van der Waals surface area (Å²) in [6.45, 7) is 4.40. The summed E-state index contributed by atoms with van der Waals surface area (Å²) in [7, 11) is -3.08. The molecule has 0 aliphatic carbocycles. The molecule has 0 saturated carbocycles. The van der Waals surface area contributed by atoms with E-state index < -0.39 is 9.84 Å². The number of hydrogen-bond donors (Lipinski definition) is 0. The summed E-state index contributed by atoms with van der Waals surface area (Å²) in [5, 5.41) is 12.7. The van der Waals surface area contributed by atoms with Crippen molar-refractivity contribution in [3.8, 4) is 11.4 Å². The number of benzene rings is 1. The summed E-state index contributed by atoms with van der Waals surface area (Å²) in [5.41, 5.74) is 0.710. The van der Waals surface area contributed by atoms with Crippen molar-refractivity contribution in [3.05, 3.63) is 29.3 Å². The lowest BCUT2D eigenvalue weighted by molar-refractivity contribution is -0.134. The van der Waals surface area contributed by atoms with Crippen molar-refractivity contribution in [2.75, 3.05) is 18.1 Å². The third kappa shape index (κ3) is 5.04. The molecule has 2 aromatic rings. The molecule has 0 spiro atoms. The topological polar surface area (TPSA) is 98.1 Å². The second kappa shape index (κ2) is 7.93. The van der Waals surface area contributed by atoms with Gasteiger partial charge in [-0.25, -0.2) is 8.42 Å². The van der Waals surface area contributed by atoms with Crippen LogP contribution in [0.3, 0.4) is 0 Å². The van der Waals surface area contributed by atoms with E-state index >= 15 is 0 Å². The van der Waals surface area contributed by atoms with E-state index in [1.165, 1.54) is 4.80 Å². The van der Waals surface area contributed by atoms with Crippen LogP contribution in [0.1, 0.15) is 20.3 Å². The first-order valence-electron chi connectivity index (χ1n) is 8.77. The molecule has 0 radical (unpaired) electrons. The molecule has 146 valence electrons. The third-order valence-corrected chi connectivity index (χ3v) is 6.33. The second-order valence-electron chi connectivity index (χ2n) is 7.15. The lowest BCUT2D eigenvalue weighted by Crippen LogP contribution is -2.45. The van der Waals surface area contributed by atoms with Gasteiger partial charge in [-0.3, -0.25) is 4.79 Å². The minimum Gasteiger partial charge on any atom is -0.337 e. The van der Waals surface area contributed by atoms with Crippen LogP contribution in [0.4, 0.5) is 0 Å². The molecule has 3 rings (SSSR count). The van der Waals surface area contributed by atoms with E-state index in [-0.39, 0.29) is 35.9 Å². The van der Waals surface area contributed by atoms with E-state index in [9.17, 15) is 13.2 Å². The fourth-order valence-electron chi connectivity index (χ4n) is 3.13. The molecule has 1 saturated heterocycles. The maximum Gasteiger partial charge on any atom is 0.246 e. The van der Waals surface area contributed by atoms with E-state index in [2.05, 4.69) is 15.4 Å². The largest absolute Gasteiger partial charge is 0.337 e. The van der Waals surface area contributed by atoms with E-state index in [0.717, 1.165) is 0 Å². The first kappa shape index (κ1) is 19.8. The molecule has 27 heavy (non-hydrogen) atoms. The van der Waals surface area contributed by atoms with E-state index in [1.807, 2.05) is 19.9 Å². The van der Waals surface area contributed by atoms with Gasteiger partial charge in [0.2, 0.25) is 11.7 Å². The highest BCUT2D eigenvalue weighted by Gasteiger charge is 2.35. The van der Waals surface area contributed by atoms with Gasteiger partial charge in [0, 0.05) is 23.2 Å². The molecule has 1 aromatic carbocycles. The Kier molecular flexibility index (Phi) is 5.81. The summed E-state index contributed by atoms with van der Waals surface area (Å²) in [5.74, 6) is 0.539. The Bertz CT molecular complexity index is 928. The Morgan fingerprint density at radius 3 is 2.81 bits per heavy atom. The second-order valence-corrected chi connectivity index (χ2v) is 9.82. The number of rotatable bonds is 6. The van der Waals surface area contributed by atoms with Crippen LogP contribution >= 0.6 is 11.6 Å². The predicted molar refractivity (Wildman–Crippen MR) is 102 cm³/mol. The number of hydrogen-bond acceptors (Lipinski definition) is 6. The monoisotopic (exact) mass is 411 g/mol. The van der Waals surface area contributed by atoms with Gasteiger partial charge in [-0.2, -0.15) is 4.80 Å². The first-order chi connectivity index (χ1) is 12.7. The molecule has 1 fully saturated rings. The van der Waals surface area contributed by atoms with Crippen molar-refractivity contribution in [1.82, 2.24) is 25.1 Å². The smallest absolute Gasteiger partial charge is 0.246 e. The molecule has 0 N–H and O–H groups in total. The Balaban J connectivity index is 1.74. The fraction of sp³-hybridized carbons (Fsp3) is 0.529. The van der Waals surface area contributed by atoms with Gasteiger partial charge in [-0.15, -0.1) is 10.2 Å². The van der Waals surface area contributed by atoms with E-state index in [1.54, 1.807) is 23.1 Å². The van der Waals surface area contributed by atoms with Gasteiger partial charge in [-0.1, -0.05) is 37.6 Å². The van der Waals surface area contributed by atoms with Crippen molar-refractivity contribution in [1.29, 1.82) is 0 Å². The molecule has 1 aliphatic rings. The van der Waals surface area contributed by atoms with Crippen molar-refractivity contribution >= 4 is 27.3 Å². The highest BCUT2D eigenvalue weighted by Crippen LogP contribution is 2.20. The molecule has 0 bridgehead atoms. The maximum atomic E-state index is 12.8. The Labute approximate surface area is 163 Å². The normalized spacial score (nSPS) is 18.7. The van der Waals surface area contributed by atoms with Crippen molar-refractivity contribution < 1.29 is 13.2 Å². The maximum absolute atomic E-state index is 12.8. The van der Waals surface area contributed by atoms with Crippen LogP contribution in [-0.2, 0) is 21.2 Å². The highest BCUT2D eigenvalue weighted by molar-refractivity contribution is 7.91. The van der Waals surface area contributed by atoms with Crippen molar-refractivity contribution in [3.63, 3.8) is 0 Å². The summed E-state index contributed by atoms with van der Waals surface area (Å²) in [6.07, 6.45) is 0.472. The van der Waals surface area contributed by atoms with Gasteiger partial charge in [-0.05, 0) is 29.7 Å². The molecule has 2 heterocycles. The number of sulfone groups is 1. The lowest BCUT2D eigenvalue weighted by atomic mass is 10.1. The number of carbonyl (C=O) groups is 1. The Hall–Kier alpha value is -2.00. The van der Waals surface area contributed by atoms with Gasteiger partial charge < -0.3 is 4.90 Å². The number of halogens is 1. The molecular weight excluding hydrogens is 390 g/mol. The first-order valence-corrected chi connectivity index (χ1v) is 11.0. The minimum atomic E-state index is -3.08. The van der Waals surface area contributed by atoms with Crippen molar-refractivity contribution in [2.24, 2.45) is 5.92 Å². The van der Waals surface area contributed by atoms with Gasteiger partial charge in [0.1, 0.15) is 6.54 Å². The molecule has 1 aliphatic heterocycles. The van der Waals surface area contributed by atoms with Crippen LogP contribution < -0.4 is 0 Å². The lowest BCUT2D eigenvalue weighted by Gasteiger charge is -2.29. The molecule has 1 atom stereocenters. The number of carbonyl (C=O) groups excluding carboxylic acids is 1. The highest BCUT2D eigenvalue weighted by atomic mass is 35.5. The third-order valence-electron chi connectivity index (χ3n) is 4.34. The van der Waals surface area contributed by atoms with Crippen LogP contribution in [0.2, 0.25) is 5.02 Å². The van der Waals surface area contributed by atoms with E-state index in [4.69, 9.17) is 11.6 Å². The van der Waals surface area contributed by atoms with E-state index in [0.29, 0.717) is 29.4 Å². The molecule has 1 aromatic heterocycles. The molecule has 1 amide bonds. The summed E-state index contributed by atoms with van der Waals surface area (Å²) < 4.78 is 23.6. The summed E-state index contributed by atoms with van der Waals surface area (Å²) >= 11 is 5.98. The van der Waals surface area contributed by atoms with Gasteiger partial charge in [0.25, 0.3) is 0 Å². The predicted octanol–water partition coefficient (Wildman–Crippen LogP) is 1.67. The molecule has 10 heteroatoms. The van der Waals surface area contributed by atoms with Crippen LogP contribution in [0, 0.1) is 5.92 Å². The SMILES string of the molecule is CC(C)CN(C(=O)Cn1nnc(-c2cccc(Cl)c2)n1)[C@H]1CCS(=O)(=O)C1. The number of tetrazole rings is 1. The molecular formula is C17H22ClN5O3S. The molecule has 0 unspecified atom stereocenters. The zero-order chi connectivity index (χ0) is 19.6. The van der Waals surface area contributed by atoms with Crippen LogP contribution in [-0.4, -0.2) is 63.5 Å². The number of amides is 1. The Morgan fingerprint density at radius 2 is 2.19 bits per heavy atom. The van der Waals surface area contributed by atoms with Gasteiger partial charge in [0.05, 0.1) is 11.5 Å². The van der Waals surface area contributed by atoms with Crippen LogP contribution in [0.25, 0.3) is 11.4 Å².